The third-order valence-electron chi connectivity index (χ3n) is 3.43. The average Bonchev–Trinajstić information content (AvgIpc) is 2.54. The van der Waals surface area contributed by atoms with Crippen LogP contribution in [0.3, 0.4) is 0 Å². The van der Waals surface area contributed by atoms with Crippen molar-refractivity contribution in [1.29, 1.82) is 0 Å². The Morgan fingerprint density at radius 3 is 2.50 bits per heavy atom. The monoisotopic (exact) mass is 359 g/mol. The van der Waals surface area contributed by atoms with Gasteiger partial charge in [-0.3, -0.25) is 4.39 Å². The minimum absolute atomic E-state index is 0.262. The summed E-state index contributed by atoms with van der Waals surface area (Å²) in [5.74, 6) is 2.34. The van der Waals surface area contributed by atoms with E-state index in [0.29, 0.717) is 18.6 Å². The van der Waals surface area contributed by atoms with E-state index in [9.17, 15) is 9.18 Å². The van der Waals surface area contributed by atoms with Crippen molar-refractivity contribution in [2.75, 3.05) is 26.6 Å². The van der Waals surface area contributed by atoms with E-state index < -0.39 is 6.09 Å². The summed E-state index contributed by atoms with van der Waals surface area (Å²) in [6.07, 6.45) is 1.75. The van der Waals surface area contributed by atoms with Gasteiger partial charge < -0.3 is 19.9 Å². The maximum absolute atomic E-state index is 12.1. The van der Waals surface area contributed by atoms with Crippen LogP contribution in [0.15, 0.2) is 17.0 Å². The first-order valence-electron chi connectivity index (χ1n) is 7.91. The second-order valence-corrected chi connectivity index (χ2v) is 6.50. The van der Waals surface area contributed by atoms with E-state index in [4.69, 9.17) is 19.9 Å². The number of methoxy groups -OCH3 is 2. The Balaban J connectivity index is 2.82. The zero-order valence-corrected chi connectivity index (χ0v) is 15.3. The average molecular weight is 359 g/mol. The van der Waals surface area contributed by atoms with Gasteiger partial charge in [-0.15, -0.1) is 11.8 Å². The Kier molecular flexibility index (Phi) is 9.37. The lowest BCUT2D eigenvalue weighted by molar-refractivity contribution is 0.116. The number of thioether (sulfide) groups is 1. The Labute approximate surface area is 147 Å². The van der Waals surface area contributed by atoms with Crippen LogP contribution in [0, 0.1) is 0 Å². The molecule has 0 heterocycles. The van der Waals surface area contributed by atoms with Gasteiger partial charge >= 0.3 is 6.09 Å². The van der Waals surface area contributed by atoms with Gasteiger partial charge in [-0.05, 0) is 37.7 Å². The fourth-order valence-corrected chi connectivity index (χ4v) is 3.35. The van der Waals surface area contributed by atoms with Gasteiger partial charge in [-0.2, -0.15) is 0 Å². The predicted molar refractivity (Wildman–Crippen MR) is 93.9 cm³/mol. The highest BCUT2D eigenvalue weighted by molar-refractivity contribution is 7.99. The van der Waals surface area contributed by atoms with Crippen LogP contribution < -0.4 is 15.2 Å². The van der Waals surface area contributed by atoms with Crippen molar-refractivity contribution in [3.05, 3.63) is 17.7 Å². The molecule has 1 aromatic carbocycles. The number of nitrogens with two attached hydrogens (primary N) is 1. The summed E-state index contributed by atoms with van der Waals surface area (Å²) >= 11 is 1.66. The summed E-state index contributed by atoms with van der Waals surface area (Å²) in [4.78, 5) is 11.8. The summed E-state index contributed by atoms with van der Waals surface area (Å²) in [6.45, 7) is 1.51. The van der Waals surface area contributed by atoms with E-state index in [-0.39, 0.29) is 12.8 Å². The topological polar surface area (TPSA) is 70.8 Å². The number of primary amides is 1. The molecule has 7 heteroatoms. The number of benzene rings is 1. The van der Waals surface area contributed by atoms with Crippen LogP contribution in [-0.4, -0.2) is 38.8 Å². The van der Waals surface area contributed by atoms with Crippen molar-refractivity contribution < 1.29 is 23.4 Å². The van der Waals surface area contributed by atoms with Gasteiger partial charge in [0.2, 0.25) is 0 Å². The molecule has 1 amide bonds. The van der Waals surface area contributed by atoms with Crippen molar-refractivity contribution in [1.82, 2.24) is 0 Å². The summed E-state index contributed by atoms with van der Waals surface area (Å²) in [7, 11) is 3.21. The number of alkyl halides is 1. The summed E-state index contributed by atoms with van der Waals surface area (Å²) in [6, 6.07) is 3.81. The highest BCUT2D eigenvalue weighted by Gasteiger charge is 2.15. The minimum atomic E-state index is -0.797. The van der Waals surface area contributed by atoms with Crippen LogP contribution >= 0.6 is 11.8 Å². The normalized spacial score (nSPS) is 11.8. The van der Waals surface area contributed by atoms with Crippen molar-refractivity contribution in [2.24, 2.45) is 5.73 Å². The Hall–Kier alpha value is -1.63. The quantitative estimate of drug-likeness (QED) is 0.478. The number of carbonyl (C=O) groups excluding carboxylic acids is 1. The molecule has 0 radical (unpaired) electrons. The van der Waals surface area contributed by atoms with Crippen LogP contribution in [0.4, 0.5) is 9.18 Å². The molecule has 0 saturated heterocycles. The first-order chi connectivity index (χ1) is 11.5. The van der Waals surface area contributed by atoms with Gasteiger partial charge in [-0.1, -0.05) is 6.42 Å². The van der Waals surface area contributed by atoms with Crippen LogP contribution in [0.2, 0.25) is 0 Å². The number of amides is 1. The zero-order chi connectivity index (χ0) is 17.9. The third-order valence-corrected chi connectivity index (χ3v) is 4.55. The molecule has 5 nitrogen and oxygen atoms in total. The molecule has 0 aromatic heterocycles. The van der Waals surface area contributed by atoms with Crippen molar-refractivity contribution in [3.63, 3.8) is 0 Å². The van der Waals surface area contributed by atoms with E-state index in [1.165, 1.54) is 0 Å². The zero-order valence-electron chi connectivity index (χ0n) is 14.5. The van der Waals surface area contributed by atoms with Crippen molar-refractivity contribution >= 4 is 17.9 Å². The molecule has 2 N–H and O–H groups in total. The molecule has 0 fully saturated rings. The van der Waals surface area contributed by atoms with Crippen molar-refractivity contribution in [3.8, 4) is 11.5 Å². The molecule has 1 rings (SSSR count). The standard InChI is InChI=1S/C17H26FNO4S/c1-12(23-17(19)20)9-13-10-15(22-3)16(11-14(13)21-2)24-8-6-4-5-7-18/h10-12H,4-9H2,1-3H3,(H2,19,20). The number of halogens is 1. The fourth-order valence-electron chi connectivity index (χ4n) is 2.31. The molecular weight excluding hydrogens is 333 g/mol. The molecule has 1 aromatic rings. The predicted octanol–water partition coefficient (Wildman–Crippen LogP) is 3.96. The summed E-state index contributed by atoms with van der Waals surface area (Å²) < 4.78 is 28.0. The fraction of sp³-hybridized carbons (Fsp3) is 0.588. The summed E-state index contributed by atoms with van der Waals surface area (Å²) in [5, 5.41) is 0. The van der Waals surface area contributed by atoms with Gasteiger partial charge in [0.05, 0.1) is 25.8 Å². The smallest absolute Gasteiger partial charge is 0.404 e. The van der Waals surface area contributed by atoms with E-state index in [0.717, 1.165) is 34.8 Å². The molecule has 0 bridgehead atoms. The van der Waals surface area contributed by atoms with Crippen LogP contribution in [0.25, 0.3) is 0 Å². The highest BCUT2D eigenvalue weighted by Crippen LogP contribution is 2.36. The minimum Gasteiger partial charge on any atom is -0.496 e. The molecule has 0 saturated carbocycles. The molecule has 0 spiro atoms. The molecule has 24 heavy (non-hydrogen) atoms. The number of unbranched alkanes of at least 4 members (excludes halogenated alkanes) is 2. The Morgan fingerprint density at radius 1 is 1.21 bits per heavy atom. The van der Waals surface area contributed by atoms with Gasteiger partial charge in [0.25, 0.3) is 0 Å². The first-order valence-corrected chi connectivity index (χ1v) is 8.90. The lowest BCUT2D eigenvalue weighted by atomic mass is 10.1. The van der Waals surface area contributed by atoms with Gasteiger partial charge in [0.15, 0.2) is 0 Å². The number of rotatable bonds is 11. The molecule has 1 unspecified atom stereocenters. The second kappa shape index (κ2) is 11.0. The number of ether oxygens (including phenoxy) is 3. The SMILES string of the molecule is COc1cc(SCCCCCF)c(OC)cc1CC(C)OC(N)=O. The van der Waals surface area contributed by atoms with E-state index in [2.05, 4.69) is 0 Å². The maximum atomic E-state index is 12.1. The Morgan fingerprint density at radius 2 is 1.92 bits per heavy atom. The van der Waals surface area contributed by atoms with Crippen LogP contribution in [0.1, 0.15) is 31.7 Å². The van der Waals surface area contributed by atoms with E-state index in [1.54, 1.807) is 32.9 Å². The number of hydrogen-bond donors (Lipinski definition) is 1. The Bertz CT molecular complexity index is 528. The van der Waals surface area contributed by atoms with Crippen molar-refractivity contribution in [2.45, 2.75) is 43.6 Å². The molecule has 0 aliphatic heterocycles. The largest absolute Gasteiger partial charge is 0.496 e. The molecule has 136 valence electrons. The summed E-state index contributed by atoms with van der Waals surface area (Å²) in [5.41, 5.74) is 5.92. The molecule has 1 atom stereocenters. The van der Waals surface area contributed by atoms with Gasteiger partial charge in [0, 0.05) is 12.0 Å². The van der Waals surface area contributed by atoms with Crippen LogP contribution in [-0.2, 0) is 11.2 Å². The number of carbonyl (C=O) groups is 1. The number of hydrogen-bond acceptors (Lipinski definition) is 5. The van der Waals surface area contributed by atoms with E-state index >= 15 is 0 Å². The molecule has 0 aliphatic carbocycles. The van der Waals surface area contributed by atoms with Gasteiger partial charge in [-0.25, -0.2) is 4.79 Å². The second-order valence-electron chi connectivity index (χ2n) is 5.36. The lowest BCUT2D eigenvalue weighted by Crippen LogP contribution is -2.22. The van der Waals surface area contributed by atoms with Gasteiger partial charge in [0.1, 0.15) is 17.6 Å². The molecule has 0 aliphatic rings. The maximum Gasteiger partial charge on any atom is 0.404 e. The lowest BCUT2D eigenvalue weighted by Gasteiger charge is -2.17. The van der Waals surface area contributed by atoms with E-state index in [1.807, 2.05) is 12.1 Å². The van der Waals surface area contributed by atoms with Crippen LogP contribution in [0.5, 0.6) is 11.5 Å². The first kappa shape index (κ1) is 20.4. The highest BCUT2D eigenvalue weighted by atomic mass is 32.2. The molecular formula is C17H26FNO4S. The third kappa shape index (κ3) is 6.86.